The fourth-order valence-electron chi connectivity index (χ4n) is 2.57. The monoisotopic (exact) mass is 256 g/mol. The number of hydrogen-bond acceptors (Lipinski definition) is 4. The van der Waals surface area contributed by atoms with E-state index in [4.69, 9.17) is 4.74 Å². The summed E-state index contributed by atoms with van der Waals surface area (Å²) in [5.41, 5.74) is 0. The third-order valence-corrected chi connectivity index (χ3v) is 3.55. The Morgan fingerprint density at radius 1 is 1.39 bits per heavy atom. The quantitative estimate of drug-likeness (QED) is 0.672. The zero-order chi connectivity index (χ0) is 13.4. The Morgan fingerprint density at radius 3 is 2.61 bits per heavy atom. The molecule has 4 nitrogen and oxygen atoms in total. The third kappa shape index (κ3) is 5.36. The van der Waals surface area contributed by atoms with Crippen molar-refractivity contribution in [3.8, 4) is 0 Å². The maximum absolute atomic E-state index is 11.7. The average molecular weight is 256 g/mol. The number of nitrogens with one attached hydrogen (secondary N) is 1. The van der Waals surface area contributed by atoms with Crippen molar-refractivity contribution in [2.24, 2.45) is 0 Å². The van der Waals surface area contributed by atoms with Gasteiger partial charge in [-0.3, -0.25) is 4.79 Å². The van der Waals surface area contributed by atoms with Crippen molar-refractivity contribution in [2.45, 2.75) is 58.0 Å². The number of likely N-dealkylation sites (tertiary alicyclic amines) is 1. The zero-order valence-corrected chi connectivity index (χ0v) is 12.1. The van der Waals surface area contributed by atoms with Crippen LogP contribution in [0.4, 0.5) is 0 Å². The summed E-state index contributed by atoms with van der Waals surface area (Å²) < 4.78 is 4.87. The van der Waals surface area contributed by atoms with Crippen LogP contribution in [0.5, 0.6) is 0 Å². The van der Waals surface area contributed by atoms with Crippen LogP contribution >= 0.6 is 0 Å². The van der Waals surface area contributed by atoms with Crippen LogP contribution in [0.1, 0.15) is 46.0 Å². The standard InChI is InChI=1S/C14H28N2O2/c1-4-5-8-13(14(17)18-3)15-12(2)11-16-9-6-7-10-16/h12-13,15H,4-11H2,1-3H3. The van der Waals surface area contributed by atoms with E-state index < -0.39 is 0 Å². The van der Waals surface area contributed by atoms with Gasteiger partial charge >= 0.3 is 5.97 Å². The van der Waals surface area contributed by atoms with Gasteiger partial charge in [-0.05, 0) is 39.3 Å². The van der Waals surface area contributed by atoms with Gasteiger partial charge in [0.2, 0.25) is 0 Å². The van der Waals surface area contributed by atoms with Crippen LogP contribution in [0.2, 0.25) is 0 Å². The van der Waals surface area contributed by atoms with Gasteiger partial charge in [-0.25, -0.2) is 0 Å². The lowest BCUT2D eigenvalue weighted by Crippen LogP contribution is -2.47. The number of hydrogen-bond donors (Lipinski definition) is 1. The van der Waals surface area contributed by atoms with E-state index >= 15 is 0 Å². The number of ether oxygens (including phenoxy) is 1. The molecule has 1 saturated heterocycles. The predicted molar refractivity (Wildman–Crippen MR) is 73.6 cm³/mol. The molecule has 0 radical (unpaired) electrons. The second-order valence-corrected chi connectivity index (χ2v) is 5.29. The second kappa shape index (κ2) is 8.48. The smallest absolute Gasteiger partial charge is 0.322 e. The highest BCUT2D eigenvalue weighted by atomic mass is 16.5. The minimum Gasteiger partial charge on any atom is -0.468 e. The number of carbonyl (C=O) groups excluding carboxylic acids is 1. The van der Waals surface area contributed by atoms with E-state index in [1.54, 1.807) is 0 Å². The summed E-state index contributed by atoms with van der Waals surface area (Å²) in [6, 6.07) is 0.191. The van der Waals surface area contributed by atoms with Crippen LogP contribution in [0.25, 0.3) is 0 Å². The maximum Gasteiger partial charge on any atom is 0.322 e. The molecule has 0 aromatic heterocycles. The third-order valence-electron chi connectivity index (χ3n) is 3.55. The van der Waals surface area contributed by atoms with Crippen molar-refractivity contribution in [2.75, 3.05) is 26.7 Å². The van der Waals surface area contributed by atoms with Gasteiger partial charge in [0.1, 0.15) is 6.04 Å². The highest BCUT2D eigenvalue weighted by Crippen LogP contribution is 2.09. The molecule has 18 heavy (non-hydrogen) atoms. The summed E-state index contributed by atoms with van der Waals surface area (Å²) in [7, 11) is 1.47. The van der Waals surface area contributed by atoms with Gasteiger partial charge in [-0.15, -0.1) is 0 Å². The van der Waals surface area contributed by atoms with Crippen LogP contribution in [0.15, 0.2) is 0 Å². The number of methoxy groups -OCH3 is 1. The van der Waals surface area contributed by atoms with E-state index in [1.807, 2.05) is 0 Å². The van der Waals surface area contributed by atoms with Crippen LogP contribution in [0, 0.1) is 0 Å². The molecular formula is C14H28N2O2. The van der Waals surface area contributed by atoms with Crippen LogP contribution < -0.4 is 5.32 Å². The zero-order valence-electron chi connectivity index (χ0n) is 12.1. The highest BCUT2D eigenvalue weighted by molar-refractivity contribution is 5.75. The van der Waals surface area contributed by atoms with Gasteiger partial charge in [0, 0.05) is 12.6 Å². The first-order chi connectivity index (χ1) is 8.67. The molecule has 0 spiro atoms. The number of esters is 1. The predicted octanol–water partition coefficient (Wildman–Crippen LogP) is 1.79. The molecule has 1 rings (SSSR count). The van der Waals surface area contributed by atoms with Gasteiger partial charge in [0.15, 0.2) is 0 Å². The molecule has 4 heteroatoms. The van der Waals surface area contributed by atoms with Gasteiger partial charge in [-0.1, -0.05) is 19.8 Å². The first kappa shape index (κ1) is 15.4. The van der Waals surface area contributed by atoms with E-state index in [-0.39, 0.29) is 12.0 Å². The van der Waals surface area contributed by atoms with Crippen LogP contribution in [-0.4, -0.2) is 49.7 Å². The summed E-state index contributed by atoms with van der Waals surface area (Å²) in [5, 5.41) is 3.41. The molecule has 2 atom stereocenters. The molecule has 0 amide bonds. The largest absolute Gasteiger partial charge is 0.468 e. The number of unbranched alkanes of at least 4 members (excludes halogenated alkanes) is 1. The minimum absolute atomic E-state index is 0.128. The van der Waals surface area contributed by atoms with Crippen molar-refractivity contribution in [1.82, 2.24) is 10.2 Å². The van der Waals surface area contributed by atoms with Crippen molar-refractivity contribution in [3.63, 3.8) is 0 Å². The lowest BCUT2D eigenvalue weighted by Gasteiger charge is -2.25. The lowest BCUT2D eigenvalue weighted by atomic mass is 10.1. The van der Waals surface area contributed by atoms with E-state index in [0.29, 0.717) is 6.04 Å². The average Bonchev–Trinajstić information content (AvgIpc) is 2.86. The molecule has 106 valence electrons. The Hall–Kier alpha value is -0.610. The van der Waals surface area contributed by atoms with Gasteiger partial charge in [-0.2, -0.15) is 0 Å². The molecule has 0 aliphatic carbocycles. The SMILES string of the molecule is CCCCC(NC(C)CN1CCCC1)C(=O)OC. The van der Waals surface area contributed by atoms with E-state index in [0.717, 1.165) is 25.8 Å². The topological polar surface area (TPSA) is 41.6 Å². The summed E-state index contributed by atoms with van der Waals surface area (Å²) in [5.74, 6) is -0.128. The maximum atomic E-state index is 11.7. The Morgan fingerprint density at radius 2 is 2.06 bits per heavy atom. The van der Waals surface area contributed by atoms with E-state index in [2.05, 4.69) is 24.1 Å². The van der Waals surface area contributed by atoms with Crippen molar-refractivity contribution < 1.29 is 9.53 Å². The highest BCUT2D eigenvalue weighted by Gasteiger charge is 2.22. The minimum atomic E-state index is -0.146. The summed E-state index contributed by atoms with van der Waals surface area (Å²) in [4.78, 5) is 14.2. The molecule has 0 aromatic rings. The first-order valence-corrected chi connectivity index (χ1v) is 7.23. The van der Waals surface area contributed by atoms with Crippen LogP contribution in [-0.2, 0) is 9.53 Å². The summed E-state index contributed by atoms with van der Waals surface area (Å²) in [6.45, 7) is 7.72. The number of carbonyl (C=O) groups is 1. The second-order valence-electron chi connectivity index (χ2n) is 5.29. The molecule has 1 heterocycles. The lowest BCUT2D eigenvalue weighted by molar-refractivity contribution is -0.143. The molecule has 1 N–H and O–H groups in total. The van der Waals surface area contributed by atoms with Gasteiger partial charge in [0.25, 0.3) is 0 Å². The molecule has 0 bridgehead atoms. The molecule has 2 unspecified atom stereocenters. The molecule has 1 aliphatic rings. The number of nitrogens with zero attached hydrogens (tertiary/aromatic N) is 1. The normalized spacial score (nSPS) is 19.7. The fourth-order valence-corrected chi connectivity index (χ4v) is 2.57. The van der Waals surface area contributed by atoms with Crippen molar-refractivity contribution >= 4 is 5.97 Å². The van der Waals surface area contributed by atoms with Gasteiger partial charge < -0.3 is 15.0 Å². The van der Waals surface area contributed by atoms with E-state index in [9.17, 15) is 4.79 Å². The summed E-state index contributed by atoms with van der Waals surface area (Å²) >= 11 is 0. The molecule has 0 aromatic carbocycles. The molecule has 1 aliphatic heterocycles. The van der Waals surface area contributed by atoms with E-state index in [1.165, 1.54) is 33.0 Å². The first-order valence-electron chi connectivity index (χ1n) is 7.23. The van der Waals surface area contributed by atoms with Crippen molar-refractivity contribution in [1.29, 1.82) is 0 Å². The Labute approximate surface area is 111 Å². The Bertz CT molecular complexity index is 240. The van der Waals surface area contributed by atoms with Crippen LogP contribution in [0.3, 0.4) is 0 Å². The molecule has 0 saturated carbocycles. The molecular weight excluding hydrogens is 228 g/mol. The summed E-state index contributed by atoms with van der Waals surface area (Å²) in [6.07, 6.45) is 5.65. The Balaban J connectivity index is 2.35. The van der Waals surface area contributed by atoms with Gasteiger partial charge in [0.05, 0.1) is 7.11 Å². The van der Waals surface area contributed by atoms with Crippen molar-refractivity contribution in [3.05, 3.63) is 0 Å². The fraction of sp³-hybridized carbons (Fsp3) is 0.929. The Kier molecular flexibility index (Phi) is 7.28. The molecule has 1 fully saturated rings. The number of rotatable bonds is 8.